The van der Waals surface area contributed by atoms with Crippen molar-refractivity contribution in [1.29, 1.82) is 5.26 Å². The first-order valence-corrected chi connectivity index (χ1v) is 8.26. The van der Waals surface area contributed by atoms with Gasteiger partial charge >= 0.3 is 5.97 Å². The summed E-state index contributed by atoms with van der Waals surface area (Å²) in [7, 11) is 0. The molecule has 0 fully saturated rings. The van der Waals surface area contributed by atoms with Gasteiger partial charge in [-0.3, -0.25) is 10.1 Å². The molecule has 0 saturated carbocycles. The van der Waals surface area contributed by atoms with Crippen LogP contribution in [0, 0.1) is 21.4 Å². The van der Waals surface area contributed by atoms with E-state index in [1.165, 1.54) is 48.5 Å². The number of furan rings is 1. The Morgan fingerprint density at radius 1 is 1.14 bits per heavy atom. The molecule has 2 aromatic carbocycles. The van der Waals surface area contributed by atoms with Crippen LogP contribution in [-0.4, -0.2) is 16.0 Å². The van der Waals surface area contributed by atoms with Gasteiger partial charge < -0.3 is 9.52 Å². The van der Waals surface area contributed by atoms with Gasteiger partial charge in [0.25, 0.3) is 5.69 Å². The third-order valence-electron chi connectivity index (χ3n) is 3.91. The average molecular weight is 395 g/mol. The number of nitro groups is 1. The van der Waals surface area contributed by atoms with Crippen LogP contribution in [0.25, 0.3) is 23.0 Å². The molecule has 0 aliphatic heterocycles. The molecular weight excluding hydrogens is 384 g/mol. The van der Waals surface area contributed by atoms with Gasteiger partial charge in [-0.2, -0.15) is 5.26 Å². The van der Waals surface area contributed by atoms with Gasteiger partial charge in [0.2, 0.25) is 0 Å². The Hall–Kier alpha value is -3.89. The van der Waals surface area contributed by atoms with Gasteiger partial charge in [0.1, 0.15) is 11.5 Å². The van der Waals surface area contributed by atoms with E-state index in [0.29, 0.717) is 22.6 Å². The Labute approximate surface area is 163 Å². The van der Waals surface area contributed by atoms with Crippen LogP contribution in [0.2, 0.25) is 5.02 Å². The molecule has 138 valence electrons. The Morgan fingerprint density at radius 2 is 1.82 bits per heavy atom. The van der Waals surface area contributed by atoms with E-state index in [-0.39, 0.29) is 21.8 Å². The van der Waals surface area contributed by atoms with Crippen LogP contribution < -0.4 is 0 Å². The molecule has 0 bridgehead atoms. The number of non-ortho nitro benzene ring substituents is 1. The third-order valence-corrected chi connectivity index (χ3v) is 4.22. The quantitative estimate of drug-likeness (QED) is 0.357. The minimum Gasteiger partial charge on any atom is -0.478 e. The largest absolute Gasteiger partial charge is 0.478 e. The summed E-state index contributed by atoms with van der Waals surface area (Å²) >= 11 is 6.11. The van der Waals surface area contributed by atoms with Gasteiger partial charge in [-0.25, -0.2) is 4.79 Å². The molecule has 0 amide bonds. The molecule has 0 saturated heterocycles. The standard InChI is InChI=1S/C20H11ClN2O5/c21-18-10-15(23(26)27)5-7-17(18)19-8-6-16(28-19)9-14(11-22)12-1-3-13(4-2-12)20(24)25/h1-10H,(H,24,25)/b14-9+. The molecule has 28 heavy (non-hydrogen) atoms. The van der Waals surface area contributed by atoms with Gasteiger partial charge in [-0.05, 0) is 42.0 Å². The van der Waals surface area contributed by atoms with Crippen LogP contribution in [0.15, 0.2) is 59.0 Å². The van der Waals surface area contributed by atoms with E-state index in [1.807, 2.05) is 6.07 Å². The number of rotatable bonds is 5. The second kappa shape index (κ2) is 7.78. The molecule has 0 aliphatic carbocycles. The monoisotopic (exact) mass is 394 g/mol. The van der Waals surface area contributed by atoms with E-state index in [1.54, 1.807) is 12.1 Å². The number of nitro benzene ring substituents is 1. The predicted octanol–water partition coefficient (Wildman–Crippen LogP) is 5.27. The summed E-state index contributed by atoms with van der Waals surface area (Å²) in [5.74, 6) is -0.280. The van der Waals surface area contributed by atoms with Gasteiger partial charge in [0, 0.05) is 17.7 Å². The van der Waals surface area contributed by atoms with Crippen molar-refractivity contribution in [3.05, 3.63) is 86.6 Å². The van der Waals surface area contributed by atoms with Crippen LogP contribution in [0.1, 0.15) is 21.7 Å². The molecule has 3 rings (SSSR count). The van der Waals surface area contributed by atoms with Crippen molar-refractivity contribution in [3.63, 3.8) is 0 Å². The maximum atomic E-state index is 10.9. The molecular formula is C20H11ClN2O5. The van der Waals surface area contributed by atoms with Crippen molar-refractivity contribution >= 4 is 34.9 Å². The van der Waals surface area contributed by atoms with Crippen LogP contribution in [0.5, 0.6) is 0 Å². The Bertz CT molecular complexity index is 1140. The zero-order valence-corrected chi connectivity index (χ0v) is 14.9. The fourth-order valence-electron chi connectivity index (χ4n) is 2.51. The Morgan fingerprint density at radius 3 is 2.39 bits per heavy atom. The van der Waals surface area contributed by atoms with Gasteiger partial charge in [0.15, 0.2) is 0 Å². The number of nitriles is 1. The highest BCUT2D eigenvalue weighted by Crippen LogP contribution is 2.33. The van der Waals surface area contributed by atoms with Gasteiger partial charge in [-0.15, -0.1) is 0 Å². The lowest BCUT2D eigenvalue weighted by atomic mass is 10.0. The van der Waals surface area contributed by atoms with E-state index >= 15 is 0 Å². The molecule has 1 N–H and O–H groups in total. The molecule has 3 aromatic rings. The Balaban J connectivity index is 1.91. The molecule has 0 unspecified atom stereocenters. The summed E-state index contributed by atoms with van der Waals surface area (Å²) < 4.78 is 5.69. The maximum absolute atomic E-state index is 10.9. The number of carboxylic acids is 1. The number of allylic oxidation sites excluding steroid dienone is 1. The second-order valence-corrected chi connectivity index (χ2v) is 6.08. The topological polar surface area (TPSA) is 117 Å². The summed E-state index contributed by atoms with van der Waals surface area (Å²) in [5.41, 5.74) is 1.30. The first kappa shape index (κ1) is 18.9. The number of halogens is 1. The maximum Gasteiger partial charge on any atom is 0.335 e. The SMILES string of the molecule is N#C/C(=C\c1ccc(-c2ccc([N+](=O)[O-])cc2Cl)o1)c1ccc(C(=O)O)cc1. The van der Waals surface area contributed by atoms with Crippen molar-refractivity contribution < 1.29 is 19.2 Å². The first-order valence-electron chi connectivity index (χ1n) is 7.88. The highest BCUT2D eigenvalue weighted by atomic mass is 35.5. The highest BCUT2D eigenvalue weighted by molar-refractivity contribution is 6.33. The minimum absolute atomic E-state index is 0.120. The van der Waals surface area contributed by atoms with Gasteiger partial charge in [-0.1, -0.05) is 23.7 Å². The number of hydrogen-bond donors (Lipinski definition) is 1. The van der Waals surface area contributed by atoms with Crippen LogP contribution in [0.3, 0.4) is 0 Å². The number of carboxylic acid groups (broad SMARTS) is 1. The lowest BCUT2D eigenvalue weighted by Gasteiger charge is -2.01. The summed E-state index contributed by atoms with van der Waals surface area (Å²) in [6.07, 6.45) is 1.51. The van der Waals surface area contributed by atoms with Gasteiger partial charge in [0.05, 0.1) is 27.2 Å². The second-order valence-electron chi connectivity index (χ2n) is 5.68. The zero-order valence-electron chi connectivity index (χ0n) is 14.1. The highest BCUT2D eigenvalue weighted by Gasteiger charge is 2.14. The van der Waals surface area contributed by atoms with E-state index in [0.717, 1.165) is 0 Å². The fourth-order valence-corrected chi connectivity index (χ4v) is 2.78. The van der Waals surface area contributed by atoms with Crippen molar-refractivity contribution in [2.75, 3.05) is 0 Å². The predicted molar refractivity (Wildman–Crippen MR) is 103 cm³/mol. The van der Waals surface area contributed by atoms with E-state index in [4.69, 9.17) is 21.1 Å². The average Bonchev–Trinajstić information content (AvgIpc) is 3.14. The number of hydrogen-bond acceptors (Lipinski definition) is 5. The molecule has 7 nitrogen and oxygen atoms in total. The first-order chi connectivity index (χ1) is 13.4. The van der Waals surface area contributed by atoms with Crippen molar-refractivity contribution in [2.45, 2.75) is 0 Å². The van der Waals surface area contributed by atoms with E-state index < -0.39 is 10.9 Å². The minimum atomic E-state index is -1.05. The van der Waals surface area contributed by atoms with E-state index in [2.05, 4.69) is 0 Å². The number of aromatic carboxylic acids is 1. The molecule has 8 heteroatoms. The van der Waals surface area contributed by atoms with Crippen molar-refractivity contribution in [2.24, 2.45) is 0 Å². The third kappa shape index (κ3) is 3.92. The molecule has 1 aromatic heterocycles. The molecule has 1 heterocycles. The lowest BCUT2D eigenvalue weighted by molar-refractivity contribution is -0.384. The molecule has 0 radical (unpaired) electrons. The number of nitrogens with zero attached hydrogens (tertiary/aromatic N) is 2. The fraction of sp³-hybridized carbons (Fsp3) is 0. The summed E-state index contributed by atoms with van der Waals surface area (Å²) in [6.45, 7) is 0. The number of carbonyl (C=O) groups is 1. The zero-order chi connectivity index (χ0) is 20.3. The molecule has 0 spiro atoms. The van der Waals surface area contributed by atoms with Crippen molar-refractivity contribution in [3.8, 4) is 17.4 Å². The molecule has 0 atom stereocenters. The van der Waals surface area contributed by atoms with Crippen LogP contribution >= 0.6 is 11.6 Å². The van der Waals surface area contributed by atoms with Crippen LogP contribution in [0.4, 0.5) is 5.69 Å². The molecule has 0 aliphatic rings. The normalized spacial score (nSPS) is 11.1. The lowest BCUT2D eigenvalue weighted by Crippen LogP contribution is -1.95. The van der Waals surface area contributed by atoms with Crippen LogP contribution in [-0.2, 0) is 0 Å². The van der Waals surface area contributed by atoms with Crippen molar-refractivity contribution in [1.82, 2.24) is 0 Å². The Kier molecular flexibility index (Phi) is 5.25. The summed E-state index contributed by atoms with van der Waals surface area (Å²) in [6, 6.07) is 15.3. The number of benzene rings is 2. The summed E-state index contributed by atoms with van der Waals surface area (Å²) in [4.78, 5) is 21.2. The summed E-state index contributed by atoms with van der Waals surface area (Å²) in [5, 5.41) is 29.3. The smallest absolute Gasteiger partial charge is 0.335 e. The van der Waals surface area contributed by atoms with E-state index in [9.17, 15) is 20.2 Å².